The molecule has 3 aliphatic rings. The first-order valence-corrected chi connectivity index (χ1v) is 17.7. The molecular formula is C41H50F2N2O6. The number of hydrogen-bond donors (Lipinski definition) is 3. The Hall–Kier alpha value is -4.12. The number of anilines is 1. The molecular weight excluding hydrogens is 654 g/mol. The van der Waals surface area contributed by atoms with Crippen molar-refractivity contribution in [2.24, 2.45) is 5.41 Å². The number of halogens is 2. The molecule has 1 fully saturated rings. The van der Waals surface area contributed by atoms with Crippen LogP contribution in [0.1, 0.15) is 91.8 Å². The number of nitrogens with zero attached hydrogens (tertiary/aromatic N) is 1. The minimum atomic E-state index is -1.35. The second kappa shape index (κ2) is 16.5. The summed E-state index contributed by atoms with van der Waals surface area (Å²) >= 11 is 0. The topological polar surface area (TPSA) is 108 Å². The van der Waals surface area contributed by atoms with E-state index in [0.29, 0.717) is 87.1 Å². The van der Waals surface area contributed by atoms with Gasteiger partial charge in [0.2, 0.25) is 0 Å². The van der Waals surface area contributed by atoms with Crippen LogP contribution in [0.15, 0.2) is 72.3 Å². The predicted octanol–water partition coefficient (Wildman–Crippen LogP) is 7.81. The summed E-state index contributed by atoms with van der Waals surface area (Å²) < 4.78 is 38.8. The fourth-order valence-electron chi connectivity index (χ4n) is 7.83. The maximum atomic E-state index is 14.4. The number of nitrogens with one attached hydrogen (secondary N) is 1. The van der Waals surface area contributed by atoms with Crippen LogP contribution in [-0.2, 0) is 11.2 Å². The molecule has 0 heterocycles. The van der Waals surface area contributed by atoms with Crippen LogP contribution in [-0.4, -0.2) is 72.5 Å². The van der Waals surface area contributed by atoms with E-state index in [1.165, 1.54) is 6.07 Å². The quantitative estimate of drug-likeness (QED) is 0.113. The van der Waals surface area contributed by atoms with E-state index < -0.39 is 34.5 Å². The number of carbonyl (C=O) groups excluding carboxylic acids is 2. The van der Waals surface area contributed by atoms with E-state index in [-0.39, 0.29) is 24.1 Å². The maximum Gasteiger partial charge on any atom is 0.321 e. The summed E-state index contributed by atoms with van der Waals surface area (Å²) in [5.74, 6) is -2.26. The van der Waals surface area contributed by atoms with Crippen LogP contribution in [0, 0.1) is 17.0 Å². The highest BCUT2D eigenvalue weighted by Gasteiger charge is 2.57. The summed E-state index contributed by atoms with van der Waals surface area (Å²) in [6.45, 7) is 4.91. The molecule has 10 heteroatoms. The first-order chi connectivity index (χ1) is 24.4. The molecule has 0 saturated heterocycles. The van der Waals surface area contributed by atoms with Crippen LogP contribution in [0.4, 0.5) is 19.3 Å². The van der Waals surface area contributed by atoms with Crippen molar-refractivity contribution in [3.8, 4) is 5.75 Å². The largest absolute Gasteiger partial charge is 0.497 e. The van der Waals surface area contributed by atoms with E-state index in [4.69, 9.17) is 9.47 Å². The van der Waals surface area contributed by atoms with Crippen molar-refractivity contribution >= 4 is 17.5 Å². The highest BCUT2D eigenvalue weighted by molar-refractivity contribution is 6.10. The molecule has 6 rings (SSSR count). The number of ether oxygens (including phenoxy) is 2. The third-order valence-electron chi connectivity index (χ3n) is 11.0. The molecule has 0 spiro atoms. The molecule has 2 amide bonds. The minimum absolute atomic E-state index is 0.0157. The van der Waals surface area contributed by atoms with Crippen molar-refractivity contribution in [3.63, 3.8) is 0 Å². The summed E-state index contributed by atoms with van der Waals surface area (Å²) in [6, 6.07) is 15.4. The van der Waals surface area contributed by atoms with Gasteiger partial charge in [0.1, 0.15) is 5.75 Å². The summed E-state index contributed by atoms with van der Waals surface area (Å²) in [4.78, 5) is 29.6. The minimum Gasteiger partial charge on any atom is -0.497 e. The Morgan fingerprint density at radius 3 is 2.47 bits per heavy atom. The summed E-state index contributed by atoms with van der Waals surface area (Å²) in [5.41, 5.74) is 1.39. The molecule has 0 aliphatic heterocycles. The zero-order valence-electron chi connectivity index (χ0n) is 30.0. The second-order valence-electron chi connectivity index (χ2n) is 14.3. The van der Waals surface area contributed by atoms with Gasteiger partial charge in [-0.3, -0.25) is 4.79 Å². The van der Waals surface area contributed by atoms with Crippen LogP contribution >= 0.6 is 0 Å². The molecule has 4 atom stereocenters. The molecule has 2 bridgehead atoms. The Morgan fingerprint density at radius 1 is 1.00 bits per heavy atom. The molecule has 8 nitrogen and oxygen atoms in total. The lowest BCUT2D eigenvalue weighted by Crippen LogP contribution is -2.54. The van der Waals surface area contributed by atoms with Crippen LogP contribution < -0.4 is 10.1 Å². The van der Waals surface area contributed by atoms with Crippen LogP contribution in [0.5, 0.6) is 5.75 Å². The van der Waals surface area contributed by atoms with Crippen molar-refractivity contribution in [3.05, 3.63) is 106 Å². The Balaban J connectivity index is 1.55. The molecule has 51 heavy (non-hydrogen) atoms. The average Bonchev–Trinajstić information content (AvgIpc) is 3.36. The molecule has 274 valence electrons. The number of aliphatic hydroxyl groups is 2. The van der Waals surface area contributed by atoms with E-state index >= 15 is 0 Å². The van der Waals surface area contributed by atoms with Gasteiger partial charge in [-0.15, -0.1) is 0 Å². The van der Waals surface area contributed by atoms with Crippen molar-refractivity contribution < 1.29 is 38.1 Å². The third kappa shape index (κ3) is 8.68. The molecule has 0 unspecified atom stereocenters. The first kappa shape index (κ1) is 38.1. The Labute approximate surface area is 299 Å². The van der Waals surface area contributed by atoms with Gasteiger partial charge in [-0.1, -0.05) is 30.7 Å². The van der Waals surface area contributed by atoms with E-state index in [0.717, 1.165) is 23.3 Å². The lowest BCUT2D eigenvalue weighted by atomic mass is 9.64. The summed E-state index contributed by atoms with van der Waals surface area (Å²) in [7, 11) is 3.18. The molecule has 0 aromatic heterocycles. The van der Waals surface area contributed by atoms with Crippen LogP contribution in [0.25, 0.3) is 0 Å². The normalized spacial score (nSPS) is 23.6. The molecule has 3 aliphatic carbocycles. The number of carbonyl (C=O) groups is 2. The smallest absolute Gasteiger partial charge is 0.321 e. The van der Waals surface area contributed by atoms with Crippen molar-refractivity contribution in [2.75, 3.05) is 39.2 Å². The van der Waals surface area contributed by atoms with E-state index in [1.54, 1.807) is 49.5 Å². The number of benzene rings is 3. The number of rotatable bonds is 10. The number of allylic oxidation sites excluding steroid dienone is 2. The van der Waals surface area contributed by atoms with Gasteiger partial charge in [0, 0.05) is 42.5 Å². The number of urea groups is 1. The Kier molecular flexibility index (Phi) is 12.3. The summed E-state index contributed by atoms with van der Waals surface area (Å²) in [6.07, 6.45) is 5.76. The van der Waals surface area contributed by atoms with Crippen LogP contribution in [0.3, 0.4) is 0 Å². The average molecular weight is 705 g/mol. The fourth-order valence-corrected chi connectivity index (χ4v) is 7.83. The number of fused-ring (bicyclic) bond motifs is 8. The SMILES string of the molecule is COCCCN(C[C@]1(O)CC[C@H]2c3ccc(cc3C(=O)c3ccc(F)c(F)c3)C[C@@H](O)CCC(C)=CCC[C@@]21C)C(=O)Nc1ccc(OC)cc1. The summed E-state index contributed by atoms with van der Waals surface area (Å²) in [5, 5.41) is 26.7. The second-order valence-corrected chi connectivity index (χ2v) is 14.3. The number of methoxy groups -OCH3 is 2. The maximum absolute atomic E-state index is 14.4. The highest BCUT2D eigenvalue weighted by Crippen LogP contribution is 2.59. The van der Waals surface area contributed by atoms with Gasteiger partial charge >= 0.3 is 6.03 Å². The van der Waals surface area contributed by atoms with Gasteiger partial charge in [-0.25, -0.2) is 13.6 Å². The van der Waals surface area contributed by atoms with E-state index in [9.17, 15) is 28.6 Å². The molecule has 1 saturated carbocycles. The van der Waals surface area contributed by atoms with Crippen molar-refractivity contribution in [1.82, 2.24) is 4.90 Å². The number of amides is 2. The third-order valence-corrected chi connectivity index (χ3v) is 11.0. The van der Waals surface area contributed by atoms with Crippen molar-refractivity contribution in [1.29, 1.82) is 0 Å². The first-order valence-electron chi connectivity index (χ1n) is 17.7. The van der Waals surface area contributed by atoms with Gasteiger partial charge in [-0.05, 0) is 124 Å². The number of aliphatic hydroxyl groups excluding tert-OH is 1. The van der Waals surface area contributed by atoms with E-state index in [2.05, 4.69) is 11.4 Å². The molecule has 3 N–H and O–H groups in total. The molecule has 3 aromatic carbocycles. The van der Waals surface area contributed by atoms with Gasteiger partial charge in [-0.2, -0.15) is 0 Å². The lowest BCUT2D eigenvalue weighted by molar-refractivity contribution is -0.0767. The van der Waals surface area contributed by atoms with E-state index in [1.807, 2.05) is 26.0 Å². The van der Waals surface area contributed by atoms with Gasteiger partial charge < -0.3 is 29.9 Å². The number of ketones is 1. The number of hydrogen-bond acceptors (Lipinski definition) is 6. The van der Waals surface area contributed by atoms with Crippen molar-refractivity contribution in [2.45, 2.75) is 82.8 Å². The lowest BCUT2D eigenvalue weighted by Gasteiger charge is -2.46. The standard InChI is InChI=1S/C41H50F2N2O6/c1-27-7-5-19-40(2)35(18-20-41(40,49)26-45(21-6-22-50-3)39(48)44-30-11-14-32(51-4)15-12-30)33-16-9-28(23-31(46)13-8-27)24-34(33)38(47)29-10-17-36(42)37(43)25-29/h7,9-12,14-17,24-25,31,35,46,49H,5-6,8,13,18-23,26H2,1-4H3,(H,44,48)/t31-,35-,40-,41+/m0/s1. The zero-order chi connectivity index (χ0) is 36.8. The highest BCUT2D eigenvalue weighted by atomic mass is 19.2. The Morgan fingerprint density at radius 2 is 1.76 bits per heavy atom. The molecule has 0 radical (unpaired) electrons. The van der Waals surface area contributed by atoms with Gasteiger partial charge in [0.05, 0.1) is 25.4 Å². The predicted molar refractivity (Wildman–Crippen MR) is 193 cm³/mol. The van der Waals surface area contributed by atoms with Gasteiger partial charge in [0.25, 0.3) is 0 Å². The zero-order valence-corrected chi connectivity index (χ0v) is 30.0. The molecule has 3 aromatic rings. The van der Waals surface area contributed by atoms with Gasteiger partial charge in [0.15, 0.2) is 17.4 Å². The van der Waals surface area contributed by atoms with Crippen LogP contribution in [0.2, 0.25) is 0 Å². The Bertz CT molecular complexity index is 1730. The monoisotopic (exact) mass is 704 g/mol. The fraction of sp³-hybridized carbons (Fsp3) is 0.463.